The summed E-state index contributed by atoms with van der Waals surface area (Å²) >= 11 is 1.55. The lowest BCUT2D eigenvalue weighted by molar-refractivity contribution is -0.908. The highest BCUT2D eigenvalue weighted by atomic mass is 32.1. The molecule has 6 nitrogen and oxygen atoms in total. The quantitative estimate of drug-likeness (QED) is 0.615. The lowest BCUT2D eigenvalue weighted by atomic mass is 10.3. The van der Waals surface area contributed by atoms with Crippen LogP contribution in [0.1, 0.15) is 6.42 Å². The molecule has 7 heteroatoms. The fourth-order valence-electron chi connectivity index (χ4n) is 3.44. The second-order valence-corrected chi connectivity index (χ2v) is 8.09. The van der Waals surface area contributed by atoms with Crippen molar-refractivity contribution in [3.8, 4) is 5.75 Å². The largest absolute Gasteiger partial charge is 0.484 e. The van der Waals surface area contributed by atoms with Gasteiger partial charge in [0.15, 0.2) is 11.7 Å². The molecule has 2 heterocycles. The summed E-state index contributed by atoms with van der Waals surface area (Å²) in [6, 6.07) is 17.4. The monoisotopic (exact) mass is 412 g/mol. The zero-order valence-electron chi connectivity index (χ0n) is 16.4. The van der Waals surface area contributed by atoms with Crippen LogP contribution in [0.15, 0.2) is 54.6 Å². The standard InChI is InChI=1S/C22H25N3O3S/c26-21(17-28-18-7-2-1-3-8-18)25(12-6-11-24-13-15-27-16-14-24)22-23-19-9-4-5-10-20(19)29-22/h1-5,7-10H,6,11-17H2/p+1. The van der Waals surface area contributed by atoms with Crippen molar-refractivity contribution >= 4 is 32.6 Å². The lowest BCUT2D eigenvalue weighted by Crippen LogP contribution is -3.14. The van der Waals surface area contributed by atoms with Gasteiger partial charge in [-0.15, -0.1) is 0 Å². The number of nitrogens with zero attached hydrogens (tertiary/aromatic N) is 2. The molecule has 152 valence electrons. The molecule has 1 aliphatic heterocycles. The van der Waals surface area contributed by atoms with E-state index in [1.165, 1.54) is 4.90 Å². The minimum Gasteiger partial charge on any atom is -0.484 e. The Morgan fingerprint density at radius 3 is 2.66 bits per heavy atom. The third kappa shape index (κ3) is 5.32. The van der Waals surface area contributed by atoms with Crippen LogP contribution in [0.5, 0.6) is 5.75 Å². The number of hydrogen-bond acceptors (Lipinski definition) is 5. The molecule has 0 atom stereocenters. The van der Waals surface area contributed by atoms with Gasteiger partial charge in [0.1, 0.15) is 18.8 Å². The number of hydrogen-bond donors (Lipinski definition) is 1. The Kier molecular flexibility index (Phi) is 6.71. The summed E-state index contributed by atoms with van der Waals surface area (Å²) in [6.07, 6.45) is 0.919. The predicted octanol–water partition coefficient (Wildman–Crippen LogP) is 2.01. The van der Waals surface area contributed by atoms with Gasteiger partial charge in [-0.05, 0) is 24.3 Å². The molecule has 1 saturated heterocycles. The van der Waals surface area contributed by atoms with Crippen molar-refractivity contribution < 1.29 is 19.2 Å². The van der Waals surface area contributed by atoms with Gasteiger partial charge >= 0.3 is 0 Å². The summed E-state index contributed by atoms with van der Waals surface area (Å²) in [4.78, 5) is 21.0. The number of anilines is 1. The molecule has 1 aliphatic rings. The van der Waals surface area contributed by atoms with Crippen molar-refractivity contribution in [2.75, 3.05) is 50.9 Å². The SMILES string of the molecule is O=C(COc1ccccc1)N(CCC[NH+]1CCOCC1)c1nc2ccccc2s1. The molecule has 0 radical (unpaired) electrons. The van der Waals surface area contributed by atoms with Gasteiger partial charge in [-0.3, -0.25) is 9.69 Å². The van der Waals surface area contributed by atoms with E-state index in [2.05, 4.69) is 0 Å². The first kappa shape index (κ1) is 19.8. The first-order valence-electron chi connectivity index (χ1n) is 10.0. The molecule has 1 amide bonds. The van der Waals surface area contributed by atoms with Gasteiger partial charge in [0.25, 0.3) is 5.91 Å². The van der Waals surface area contributed by atoms with Gasteiger partial charge in [-0.25, -0.2) is 4.98 Å². The zero-order chi connectivity index (χ0) is 19.9. The predicted molar refractivity (Wildman–Crippen MR) is 115 cm³/mol. The number of carbonyl (C=O) groups is 1. The molecule has 3 aromatic rings. The van der Waals surface area contributed by atoms with Crippen molar-refractivity contribution in [1.29, 1.82) is 0 Å². The summed E-state index contributed by atoms with van der Waals surface area (Å²) in [5, 5.41) is 0.741. The number of morpholine rings is 1. The van der Waals surface area contributed by atoms with Crippen LogP contribution in [-0.4, -0.2) is 56.9 Å². The zero-order valence-corrected chi connectivity index (χ0v) is 17.2. The Labute approximate surface area is 174 Å². The van der Waals surface area contributed by atoms with Crippen LogP contribution in [-0.2, 0) is 9.53 Å². The van der Waals surface area contributed by atoms with E-state index in [1.807, 2.05) is 54.6 Å². The van der Waals surface area contributed by atoms with E-state index in [4.69, 9.17) is 14.5 Å². The fourth-order valence-corrected chi connectivity index (χ4v) is 4.45. The Hall–Kier alpha value is -2.48. The number of nitrogens with one attached hydrogen (secondary N) is 1. The number of para-hydroxylation sites is 2. The van der Waals surface area contributed by atoms with Crippen LogP contribution >= 0.6 is 11.3 Å². The molecule has 2 aromatic carbocycles. The number of rotatable bonds is 8. The maximum absolute atomic E-state index is 13.0. The number of ether oxygens (including phenoxy) is 2. The van der Waals surface area contributed by atoms with E-state index < -0.39 is 0 Å². The third-order valence-corrected chi connectivity index (χ3v) is 6.09. The minimum absolute atomic E-state index is 0.00432. The van der Waals surface area contributed by atoms with Crippen molar-refractivity contribution in [2.24, 2.45) is 0 Å². The van der Waals surface area contributed by atoms with Crippen LogP contribution < -0.4 is 14.5 Å². The molecular formula is C22H26N3O3S+. The van der Waals surface area contributed by atoms with Crippen molar-refractivity contribution in [2.45, 2.75) is 6.42 Å². The summed E-state index contributed by atoms with van der Waals surface area (Å²) in [5.41, 5.74) is 0.924. The average molecular weight is 413 g/mol. The Balaban J connectivity index is 1.44. The van der Waals surface area contributed by atoms with Gasteiger partial charge in [0.2, 0.25) is 0 Å². The van der Waals surface area contributed by atoms with Crippen molar-refractivity contribution in [1.82, 2.24) is 4.98 Å². The van der Waals surface area contributed by atoms with Gasteiger partial charge in [-0.2, -0.15) is 0 Å². The molecule has 1 fully saturated rings. The molecule has 0 aliphatic carbocycles. The van der Waals surface area contributed by atoms with E-state index in [-0.39, 0.29) is 12.5 Å². The van der Waals surface area contributed by atoms with Crippen LogP contribution in [0, 0.1) is 0 Å². The topological polar surface area (TPSA) is 56.1 Å². The Morgan fingerprint density at radius 2 is 1.86 bits per heavy atom. The van der Waals surface area contributed by atoms with Gasteiger partial charge in [0, 0.05) is 13.0 Å². The van der Waals surface area contributed by atoms with E-state index in [9.17, 15) is 4.79 Å². The highest BCUT2D eigenvalue weighted by Gasteiger charge is 2.21. The number of thiazole rings is 1. The summed E-state index contributed by atoms with van der Waals surface area (Å²) < 4.78 is 12.2. The van der Waals surface area contributed by atoms with E-state index in [1.54, 1.807) is 16.2 Å². The first-order chi connectivity index (χ1) is 14.3. The van der Waals surface area contributed by atoms with Gasteiger partial charge < -0.3 is 14.4 Å². The second-order valence-electron chi connectivity index (χ2n) is 7.08. The van der Waals surface area contributed by atoms with Gasteiger partial charge in [0.05, 0.1) is 30.0 Å². The smallest absolute Gasteiger partial charge is 0.266 e. The Morgan fingerprint density at radius 1 is 1.10 bits per heavy atom. The minimum atomic E-state index is -0.0649. The third-order valence-electron chi connectivity index (χ3n) is 5.03. The number of quaternary nitrogens is 1. The van der Waals surface area contributed by atoms with E-state index in [0.29, 0.717) is 12.3 Å². The van der Waals surface area contributed by atoms with Crippen molar-refractivity contribution in [3.05, 3.63) is 54.6 Å². The molecule has 0 bridgehead atoms. The second kappa shape index (κ2) is 9.82. The average Bonchev–Trinajstić information content (AvgIpc) is 3.20. The normalized spacial score (nSPS) is 14.8. The maximum Gasteiger partial charge on any atom is 0.266 e. The number of benzene rings is 2. The van der Waals surface area contributed by atoms with Crippen LogP contribution in [0.3, 0.4) is 0 Å². The maximum atomic E-state index is 13.0. The number of fused-ring (bicyclic) bond motifs is 1. The first-order valence-corrected chi connectivity index (χ1v) is 10.9. The number of carbonyl (C=O) groups excluding carboxylic acids is 1. The number of aromatic nitrogens is 1. The number of amides is 1. The molecule has 1 aromatic heterocycles. The van der Waals surface area contributed by atoms with Crippen LogP contribution in [0.25, 0.3) is 10.2 Å². The molecule has 0 unspecified atom stereocenters. The van der Waals surface area contributed by atoms with Crippen LogP contribution in [0.4, 0.5) is 5.13 Å². The molecule has 1 N–H and O–H groups in total. The van der Waals surface area contributed by atoms with E-state index >= 15 is 0 Å². The fraction of sp³-hybridized carbons (Fsp3) is 0.364. The molecule has 4 rings (SSSR count). The Bertz CT molecular complexity index is 892. The molecule has 29 heavy (non-hydrogen) atoms. The highest BCUT2D eigenvalue weighted by Crippen LogP contribution is 2.28. The molecular weight excluding hydrogens is 386 g/mol. The summed E-state index contributed by atoms with van der Waals surface area (Å²) in [6.45, 7) is 5.38. The lowest BCUT2D eigenvalue weighted by Gasteiger charge is -2.25. The van der Waals surface area contributed by atoms with Crippen LogP contribution in [0.2, 0.25) is 0 Å². The van der Waals surface area contributed by atoms with Crippen molar-refractivity contribution in [3.63, 3.8) is 0 Å². The molecule has 0 saturated carbocycles. The summed E-state index contributed by atoms with van der Waals surface area (Å²) in [7, 11) is 0. The van der Waals surface area contributed by atoms with Gasteiger partial charge in [-0.1, -0.05) is 41.7 Å². The highest BCUT2D eigenvalue weighted by molar-refractivity contribution is 7.22. The van der Waals surface area contributed by atoms with E-state index in [0.717, 1.165) is 54.6 Å². The molecule has 0 spiro atoms. The summed E-state index contributed by atoms with van der Waals surface area (Å²) in [5.74, 6) is 0.632.